The van der Waals surface area contributed by atoms with E-state index in [2.05, 4.69) is 31.3 Å². The number of amides is 1. The summed E-state index contributed by atoms with van der Waals surface area (Å²) in [4.78, 5) is 13.0. The summed E-state index contributed by atoms with van der Waals surface area (Å²) in [7, 11) is 0. The number of nitrogens with one attached hydrogen (secondary N) is 1. The number of carbonyl (C=O) groups excluding carboxylic acids is 1. The van der Waals surface area contributed by atoms with Crippen LogP contribution in [-0.4, -0.2) is 29.4 Å². The van der Waals surface area contributed by atoms with E-state index in [1.165, 1.54) is 5.56 Å². The van der Waals surface area contributed by atoms with Crippen molar-refractivity contribution < 1.29 is 9.90 Å². The molecule has 1 aromatic carbocycles. The first-order chi connectivity index (χ1) is 9.55. The third-order valence-electron chi connectivity index (χ3n) is 3.25. The largest absolute Gasteiger partial charge is 0.396 e. The minimum atomic E-state index is 0.0626. The molecule has 0 saturated carbocycles. The lowest BCUT2D eigenvalue weighted by molar-refractivity contribution is -0.119. The van der Waals surface area contributed by atoms with Gasteiger partial charge in [0.25, 0.3) is 0 Å². The van der Waals surface area contributed by atoms with Crippen molar-refractivity contribution in [3.8, 4) is 0 Å². The molecule has 2 atom stereocenters. The lowest BCUT2D eigenvalue weighted by Crippen LogP contribution is -2.37. The average Bonchev–Trinajstić information content (AvgIpc) is 2.45. The molecule has 0 fully saturated rings. The van der Waals surface area contributed by atoms with Crippen LogP contribution < -0.4 is 5.32 Å². The van der Waals surface area contributed by atoms with Crippen LogP contribution in [0.25, 0.3) is 0 Å². The van der Waals surface area contributed by atoms with Crippen molar-refractivity contribution in [1.29, 1.82) is 0 Å². The molecule has 0 bridgehead atoms. The van der Waals surface area contributed by atoms with Gasteiger partial charge < -0.3 is 10.4 Å². The number of thioether (sulfide) groups is 1. The van der Waals surface area contributed by atoms with Gasteiger partial charge >= 0.3 is 0 Å². The lowest BCUT2D eigenvalue weighted by atomic mass is 10.0. The molecule has 3 nitrogen and oxygen atoms in total. The Labute approximate surface area is 126 Å². The van der Waals surface area contributed by atoms with Crippen molar-refractivity contribution in [2.24, 2.45) is 5.92 Å². The summed E-state index contributed by atoms with van der Waals surface area (Å²) in [6.07, 6.45) is 1.72. The minimum absolute atomic E-state index is 0.0626. The van der Waals surface area contributed by atoms with Crippen molar-refractivity contribution in [3.63, 3.8) is 0 Å². The Morgan fingerprint density at radius 3 is 2.55 bits per heavy atom. The number of hydrogen-bond acceptors (Lipinski definition) is 3. The maximum absolute atomic E-state index is 11.9. The Morgan fingerprint density at radius 2 is 2.00 bits per heavy atom. The summed E-state index contributed by atoms with van der Waals surface area (Å²) in [5, 5.41) is 12.1. The third-order valence-corrected chi connectivity index (χ3v) is 4.26. The van der Waals surface area contributed by atoms with Crippen molar-refractivity contribution in [1.82, 2.24) is 5.32 Å². The van der Waals surface area contributed by atoms with E-state index in [-0.39, 0.29) is 24.5 Å². The van der Waals surface area contributed by atoms with Gasteiger partial charge in [-0.2, -0.15) is 0 Å². The maximum Gasteiger partial charge on any atom is 0.230 e. The third kappa shape index (κ3) is 6.44. The molecule has 1 amide bonds. The molecule has 4 heteroatoms. The van der Waals surface area contributed by atoms with Gasteiger partial charge in [-0.05, 0) is 37.8 Å². The summed E-state index contributed by atoms with van der Waals surface area (Å²) >= 11 is 1.55. The molecule has 0 unspecified atom stereocenters. The molecule has 0 saturated heterocycles. The maximum atomic E-state index is 11.9. The first kappa shape index (κ1) is 17.1. The molecule has 0 heterocycles. The number of benzene rings is 1. The summed E-state index contributed by atoms with van der Waals surface area (Å²) in [5.41, 5.74) is 1.22. The van der Waals surface area contributed by atoms with Gasteiger partial charge in [0.05, 0.1) is 5.75 Å². The Balaban J connectivity index is 2.36. The number of aryl methyl sites for hydroxylation is 1. The molecule has 112 valence electrons. The van der Waals surface area contributed by atoms with Crippen molar-refractivity contribution in [2.75, 3.05) is 12.4 Å². The smallest absolute Gasteiger partial charge is 0.230 e. The van der Waals surface area contributed by atoms with Crippen molar-refractivity contribution >= 4 is 17.7 Å². The van der Waals surface area contributed by atoms with E-state index in [0.29, 0.717) is 5.75 Å². The Bertz CT molecular complexity index is 405. The van der Waals surface area contributed by atoms with E-state index in [1.54, 1.807) is 11.8 Å². The summed E-state index contributed by atoms with van der Waals surface area (Å²) in [5.74, 6) is 0.727. The Hall–Kier alpha value is -1.00. The molecule has 0 spiro atoms. The molecule has 1 rings (SSSR count). The van der Waals surface area contributed by atoms with Crippen LogP contribution in [0.15, 0.2) is 29.2 Å². The molecule has 2 N–H and O–H groups in total. The van der Waals surface area contributed by atoms with E-state index in [1.807, 2.05) is 19.1 Å². The first-order valence-electron chi connectivity index (χ1n) is 7.14. The van der Waals surface area contributed by atoms with Crippen molar-refractivity contribution in [3.05, 3.63) is 29.8 Å². The zero-order valence-corrected chi connectivity index (χ0v) is 13.4. The summed E-state index contributed by atoms with van der Waals surface area (Å²) in [6, 6.07) is 8.34. The molecule has 0 aromatic heterocycles. The molecule has 0 radical (unpaired) electrons. The van der Waals surface area contributed by atoms with Gasteiger partial charge in [-0.15, -0.1) is 11.8 Å². The zero-order chi connectivity index (χ0) is 15.0. The van der Waals surface area contributed by atoms with E-state index in [4.69, 9.17) is 5.11 Å². The molecule has 1 aromatic rings. The predicted molar refractivity (Wildman–Crippen MR) is 85.0 cm³/mol. The summed E-state index contributed by atoms with van der Waals surface area (Å²) in [6.45, 7) is 6.28. The normalized spacial score (nSPS) is 13.8. The second kappa shape index (κ2) is 9.03. The highest BCUT2D eigenvalue weighted by Gasteiger charge is 2.13. The van der Waals surface area contributed by atoms with E-state index in [0.717, 1.165) is 17.7 Å². The van der Waals surface area contributed by atoms with Crippen LogP contribution >= 0.6 is 11.8 Å². The van der Waals surface area contributed by atoms with E-state index in [9.17, 15) is 4.79 Å². The molecular formula is C16H25NO2S. The second-order valence-corrected chi connectivity index (χ2v) is 6.35. The van der Waals surface area contributed by atoms with Crippen LogP contribution in [0.3, 0.4) is 0 Å². The highest BCUT2D eigenvalue weighted by atomic mass is 32.2. The van der Waals surface area contributed by atoms with Gasteiger partial charge in [0.2, 0.25) is 5.91 Å². The van der Waals surface area contributed by atoms with Crippen LogP contribution in [0.2, 0.25) is 0 Å². The quantitative estimate of drug-likeness (QED) is 0.725. The lowest BCUT2D eigenvalue weighted by Gasteiger charge is -2.19. The van der Waals surface area contributed by atoms with Crippen LogP contribution in [0.4, 0.5) is 0 Å². The van der Waals surface area contributed by atoms with Gasteiger partial charge in [-0.25, -0.2) is 0 Å². The van der Waals surface area contributed by atoms with Crippen LogP contribution in [0.1, 0.15) is 32.3 Å². The van der Waals surface area contributed by atoms with Gasteiger partial charge in [0.1, 0.15) is 0 Å². The highest BCUT2D eigenvalue weighted by Crippen LogP contribution is 2.18. The first-order valence-corrected chi connectivity index (χ1v) is 8.13. The zero-order valence-electron chi connectivity index (χ0n) is 12.6. The monoisotopic (exact) mass is 295 g/mol. The molecular weight excluding hydrogens is 270 g/mol. The number of aliphatic hydroxyl groups is 1. The topological polar surface area (TPSA) is 49.3 Å². The van der Waals surface area contributed by atoms with E-state index >= 15 is 0 Å². The number of hydrogen-bond donors (Lipinski definition) is 2. The van der Waals surface area contributed by atoms with E-state index < -0.39 is 0 Å². The fourth-order valence-electron chi connectivity index (χ4n) is 1.94. The molecule has 0 aliphatic heterocycles. The van der Waals surface area contributed by atoms with Gasteiger partial charge in [0, 0.05) is 17.5 Å². The van der Waals surface area contributed by atoms with Crippen LogP contribution in [0.5, 0.6) is 0 Å². The Kier molecular flexibility index (Phi) is 7.70. The Morgan fingerprint density at radius 1 is 1.35 bits per heavy atom. The minimum Gasteiger partial charge on any atom is -0.396 e. The van der Waals surface area contributed by atoms with Crippen LogP contribution in [0, 0.1) is 12.8 Å². The highest BCUT2D eigenvalue weighted by molar-refractivity contribution is 8.00. The van der Waals surface area contributed by atoms with Crippen LogP contribution in [-0.2, 0) is 4.79 Å². The predicted octanol–water partition coefficient (Wildman–Crippen LogP) is 3.00. The summed E-state index contributed by atoms with van der Waals surface area (Å²) < 4.78 is 0. The van der Waals surface area contributed by atoms with Gasteiger partial charge in [-0.1, -0.05) is 31.5 Å². The average molecular weight is 295 g/mol. The van der Waals surface area contributed by atoms with Crippen molar-refractivity contribution in [2.45, 2.75) is 44.6 Å². The number of rotatable bonds is 8. The SMILES string of the molecule is CC[C@H](C[C@H](C)CO)NC(=O)CSc1ccc(C)cc1. The molecule has 20 heavy (non-hydrogen) atoms. The van der Waals surface area contributed by atoms with Gasteiger partial charge in [-0.3, -0.25) is 4.79 Å². The molecule has 0 aliphatic rings. The standard InChI is InChI=1S/C16H25NO2S/c1-4-14(9-13(3)10-18)17-16(19)11-20-15-7-5-12(2)6-8-15/h5-8,13-14,18H,4,9-11H2,1-3H3,(H,17,19)/t13-,14+/m0/s1. The second-order valence-electron chi connectivity index (χ2n) is 5.30. The fourth-order valence-corrected chi connectivity index (χ4v) is 2.65. The fraction of sp³-hybridized carbons (Fsp3) is 0.562. The number of aliphatic hydroxyl groups excluding tert-OH is 1. The van der Waals surface area contributed by atoms with Gasteiger partial charge in [0.15, 0.2) is 0 Å². The molecule has 0 aliphatic carbocycles. The number of carbonyl (C=O) groups is 1.